The molecule has 0 bridgehead atoms. The number of hydrogen-bond acceptors (Lipinski definition) is 2. The lowest BCUT2D eigenvalue weighted by atomic mass is 10.1. The molecule has 0 spiro atoms. The molecule has 0 aromatic heterocycles. The molecule has 2 aromatic carbocycles. The molecule has 1 atom stereocenters. The molecule has 1 aliphatic heterocycles. The van der Waals surface area contributed by atoms with Gasteiger partial charge in [-0.3, -0.25) is 9.59 Å². The third kappa shape index (κ3) is 3.41. The van der Waals surface area contributed by atoms with Crippen molar-refractivity contribution in [2.45, 2.75) is 13.3 Å². The van der Waals surface area contributed by atoms with Crippen molar-refractivity contribution in [3.05, 3.63) is 58.9 Å². The zero-order valence-corrected chi connectivity index (χ0v) is 13.8. The number of anilines is 2. The van der Waals surface area contributed by atoms with Gasteiger partial charge in [0, 0.05) is 24.3 Å². The summed E-state index contributed by atoms with van der Waals surface area (Å²) in [4.78, 5) is 26.2. The maximum atomic E-state index is 13.2. The Morgan fingerprint density at radius 1 is 1.25 bits per heavy atom. The summed E-state index contributed by atoms with van der Waals surface area (Å²) in [6.45, 7) is 2.29. The van der Waals surface area contributed by atoms with E-state index in [0.29, 0.717) is 12.2 Å². The van der Waals surface area contributed by atoms with Crippen molar-refractivity contribution < 1.29 is 14.0 Å². The first-order valence-corrected chi connectivity index (χ1v) is 7.95. The highest BCUT2D eigenvalue weighted by Crippen LogP contribution is 2.27. The summed E-state index contributed by atoms with van der Waals surface area (Å²) in [6.07, 6.45) is 0.147. The van der Waals surface area contributed by atoms with Gasteiger partial charge in [0.1, 0.15) is 5.82 Å². The van der Waals surface area contributed by atoms with Crippen LogP contribution in [0.2, 0.25) is 5.02 Å². The molecule has 2 aromatic rings. The SMILES string of the molecule is Cc1ccc(N2C[C@@H](C(=O)Nc3ccc(F)c(Cl)c3)CC2=O)cc1. The van der Waals surface area contributed by atoms with Crippen LogP contribution in [0.3, 0.4) is 0 Å². The van der Waals surface area contributed by atoms with Gasteiger partial charge in [0.15, 0.2) is 0 Å². The van der Waals surface area contributed by atoms with Gasteiger partial charge in [-0.1, -0.05) is 29.3 Å². The Labute approximate surface area is 144 Å². The number of amides is 2. The minimum atomic E-state index is -0.545. The summed E-state index contributed by atoms with van der Waals surface area (Å²) in [6, 6.07) is 11.6. The molecule has 0 aliphatic carbocycles. The van der Waals surface area contributed by atoms with Gasteiger partial charge >= 0.3 is 0 Å². The lowest BCUT2D eigenvalue weighted by molar-refractivity contribution is -0.122. The number of hydrogen-bond donors (Lipinski definition) is 1. The molecule has 1 N–H and O–H groups in total. The molecule has 1 saturated heterocycles. The first kappa shape index (κ1) is 16.5. The van der Waals surface area contributed by atoms with E-state index in [0.717, 1.165) is 11.3 Å². The summed E-state index contributed by atoms with van der Waals surface area (Å²) in [5, 5.41) is 2.63. The highest BCUT2D eigenvalue weighted by atomic mass is 35.5. The van der Waals surface area contributed by atoms with E-state index in [1.165, 1.54) is 18.2 Å². The van der Waals surface area contributed by atoms with E-state index in [1.54, 1.807) is 4.90 Å². The van der Waals surface area contributed by atoms with Gasteiger partial charge in [-0.2, -0.15) is 0 Å². The molecule has 1 fully saturated rings. The lowest BCUT2D eigenvalue weighted by Gasteiger charge is -2.17. The molecule has 1 aliphatic rings. The van der Waals surface area contributed by atoms with Crippen LogP contribution in [0.5, 0.6) is 0 Å². The summed E-state index contributed by atoms with van der Waals surface area (Å²) in [5.41, 5.74) is 2.30. The topological polar surface area (TPSA) is 49.4 Å². The van der Waals surface area contributed by atoms with Crippen LogP contribution in [0.25, 0.3) is 0 Å². The first-order valence-electron chi connectivity index (χ1n) is 7.57. The Hall–Kier alpha value is -2.40. The highest BCUT2D eigenvalue weighted by molar-refractivity contribution is 6.31. The van der Waals surface area contributed by atoms with E-state index in [4.69, 9.17) is 11.6 Å². The molecule has 3 rings (SSSR count). The fraction of sp³-hybridized carbons (Fsp3) is 0.222. The second-order valence-corrected chi connectivity index (χ2v) is 6.27. The number of benzene rings is 2. The number of carbonyl (C=O) groups excluding carboxylic acids is 2. The molecule has 0 unspecified atom stereocenters. The highest BCUT2D eigenvalue weighted by Gasteiger charge is 2.35. The largest absolute Gasteiger partial charge is 0.326 e. The molecule has 4 nitrogen and oxygen atoms in total. The van der Waals surface area contributed by atoms with Gasteiger partial charge in [-0.05, 0) is 37.3 Å². The van der Waals surface area contributed by atoms with Crippen LogP contribution in [0.1, 0.15) is 12.0 Å². The van der Waals surface area contributed by atoms with Crippen LogP contribution in [0, 0.1) is 18.7 Å². The van der Waals surface area contributed by atoms with Gasteiger partial charge < -0.3 is 10.2 Å². The van der Waals surface area contributed by atoms with Gasteiger partial charge in [0.05, 0.1) is 10.9 Å². The molecule has 2 amide bonds. The van der Waals surface area contributed by atoms with E-state index in [1.807, 2.05) is 31.2 Å². The molecule has 24 heavy (non-hydrogen) atoms. The van der Waals surface area contributed by atoms with Gasteiger partial charge in [0.2, 0.25) is 11.8 Å². The van der Waals surface area contributed by atoms with Gasteiger partial charge in [-0.25, -0.2) is 4.39 Å². The van der Waals surface area contributed by atoms with Crippen molar-refractivity contribution in [2.24, 2.45) is 5.92 Å². The number of nitrogens with zero attached hydrogens (tertiary/aromatic N) is 1. The predicted octanol–water partition coefficient (Wildman–Crippen LogP) is 3.78. The lowest BCUT2D eigenvalue weighted by Crippen LogP contribution is -2.28. The van der Waals surface area contributed by atoms with Gasteiger partial charge in [0.25, 0.3) is 0 Å². The second-order valence-electron chi connectivity index (χ2n) is 5.86. The monoisotopic (exact) mass is 346 g/mol. The average molecular weight is 347 g/mol. The van der Waals surface area contributed by atoms with Crippen molar-refractivity contribution in [3.8, 4) is 0 Å². The zero-order valence-electron chi connectivity index (χ0n) is 13.1. The minimum Gasteiger partial charge on any atom is -0.326 e. The molecule has 0 radical (unpaired) electrons. The van der Waals surface area contributed by atoms with Crippen molar-refractivity contribution in [1.29, 1.82) is 0 Å². The molecular weight excluding hydrogens is 331 g/mol. The molecule has 1 heterocycles. The molecular formula is C18H16ClFN2O2. The van der Waals surface area contributed by atoms with Crippen LogP contribution in [-0.2, 0) is 9.59 Å². The number of aryl methyl sites for hydroxylation is 1. The van der Waals surface area contributed by atoms with Crippen molar-refractivity contribution in [2.75, 3.05) is 16.8 Å². The Morgan fingerprint density at radius 3 is 2.62 bits per heavy atom. The minimum absolute atomic E-state index is 0.0587. The predicted molar refractivity (Wildman–Crippen MR) is 91.7 cm³/mol. The van der Waals surface area contributed by atoms with Crippen LogP contribution in [-0.4, -0.2) is 18.4 Å². The fourth-order valence-electron chi connectivity index (χ4n) is 2.68. The van der Waals surface area contributed by atoms with E-state index >= 15 is 0 Å². The van der Waals surface area contributed by atoms with Crippen molar-refractivity contribution in [3.63, 3.8) is 0 Å². The first-order chi connectivity index (χ1) is 11.4. The summed E-state index contributed by atoms with van der Waals surface area (Å²) >= 11 is 5.71. The number of rotatable bonds is 3. The Bertz CT molecular complexity index is 792. The molecule has 124 valence electrons. The molecule has 0 saturated carbocycles. The third-order valence-electron chi connectivity index (χ3n) is 4.03. The second kappa shape index (κ2) is 6.61. The number of nitrogens with one attached hydrogen (secondary N) is 1. The Balaban J connectivity index is 1.69. The van der Waals surface area contributed by atoms with Crippen LogP contribution < -0.4 is 10.2 Å². The maximum Gasteiger partial charge on any atom is 0.229 e. The van der Waals surface area contributed by atoms with Crippen LogP contribution in [0.4, 0.5) is 15.8 Å². The summed E-state index contributed by atoms with van der Waals surface area (Å²) in [7, 11) is 0. The van der Waals surface area contributed by atoms with Crippen LogP contribution >= 0.6 is 11.6 Å². The fourth-order valence-corrected chi connectivity index (χ4v) is 2.86. The quantitative estimate of drug-likeness (QED) is 0.919. The summed E-state index contributed by atoms with van der Waals surface area (Å²) in [5.74, 6) is -1.37. The average Bonchev–Trinajstić information content (AvgIpc) is 2.94. The van der Waals surface area contributed by atoms with E-state index in [2.05, 4.69) is 5.32 Å². The van der Waals surface area contributed by atoms with Gasteiger partial charge in [-0.15, -0.1) is 0 Å². The normalized spacial score (nSPS) is 17.2. The summed E-state index contributed by atoms with van der Waals surface area (Å²) < 4.78 is 13.2. The zero-order chi connectivity index (χ0) is 17.3. The third-order valence-corrected chi connectivity index (χ3v) is 4.32. The van der Waals surface area contributed by atoms with E-state index in [9.17, 15) is 14.0 Å². The van der Waals surface area contributed by atoms with Crippen molar-refractivity contribution >= 4 is 34.8 Å². The maximum absolute atomic E-state index is 13.2. The smallest absolute Gasteiger partial charge is 0.229 e. The standard InChI is InChI=1S/C18H16ClFN2O2/c1-11-2-5-14(6-3-11)22-10-12(8-17(22)23)18(24)21-13-4-7-16(20)15(19)9-13/h2-7,9,12H,8,10H2,1H3,(H,21,24)/t12-/m0/s1. The number of carbonyl (C=O) groups is 2. The molecule has 6 heteroatoms. The number of halogens is 2. The van der Waals surface area contributed by atoms with Crippen molar-refractivity contribution in [1.82, 2.24) is 0 Å². The van der Waals surface area contributed by atoms with Crippen LogP contribution in [0.15, 0.2) is 42.5 Å². The Morgan fingerprint density at radius 2 is 1.96 bits per heavy atom. The van der Waals surface area contributed by atoms with E-state index < -0.39 is 11.7 Å². The Kier molecular flexibility index (Phi) is 4.53. The van der Waals surface area contributed by atoms with E-state index in [-0.39, 0.29) is 23.3 Å².